The fraction of sp³-hybridized carbons (Fsp3) is 1.00. The van der Waals surface area contributed by atoms with Gasteiger partial charge in [-0.15, -0.1) is 0 Å². The zero-order chi connectivity index (χ0) is 12.8. The van der Waals surface area contributed by atoms with Crippen molar-refractivity contribution in [2.45, 2.75) is 58.9 Å². The summed E-state index contributed by atoms with van der Waals surface area (Å²) in [7, 11) is 2.26. The van der Waals surface area contributed by atoms with Crippen LogP contribution >= 0.6 is 0 Å². The molecule has 2 N–H and O–H groups in total. The molecule has 1 rings (SSSR count). The van der Waals surface area contributed by atoms with E-state index in [4.69, 9.17) is 5.73 Å². The zero-order valence-electron chi connectivity index (χ0n) is 12.3. The lowest BCUT2D eigenvalue weighted by atomic mass is 9.72. The summed E-state index contributed by atoms with van der Waals surface area (Å²) in [4.78, 5) is 2.49. The molecule has 2 heteroatoms. The number of rotatable bonds is 6. The van der Waals surface area contributed by atoms with Crippen LogP contribution in [0.4, 0.5) is 0 Å². The van der Waals surface area contributed by atoms with Crippen molar-refractivity contribution in [1.82, 2.24) is 4.90 Å². The summed E-state index contributed by atoms with van der Waals surface area (Å²) in [5, 5.41) is 0. The van der Waals surface area contributed by atoms with Gasteiger partial charge >= 0.3 is 0 Å². The predicted molar refractivity (Wildman–Crippen MR) is 76.0 cm³/mol. The van der Waals surface area contributed by atoms with Gasteiger partial charge in [0.2, 0.25) is 0 Å². The van der Waals surface area contributed by atoms with Gasteiger partial charge in [-0.1, -0.05) is 33.6 Å². The molecule has 0 aromatic carbocycles. The molecule has 0 bridgehead atoms. The first-order chi connectivity index (χ1) is 8.04. The molecule has 0 saturated heterocycles. The van der Waals surface area contributed by atoms with Gasteiger partial charge in [0.1, 0.15) is 0 Å². The molecule has 0 spiro atoms. The van der Waals surface area contributed by atoms with Crippen LogP contribution in [-0.2, 0) is 0 Å². The van der Waals surface area contributed by atoms with Crippen molar-refractivity contribution < 1.29 is 0 Å². The lowest BCUT2D eigenvalue weighted by molar-refractivity contribution is 0.129. The Morgan fingerprint density at radius 1 is 1.18 bits per heavy atom. The van der Waals surface area contributed by atoms with Gasteiger partial charge < -0.3 is 10.6 Å². The van der Waals surface area contributed by atoms with E-state index >= 15 is 0 Å². The van der Waals surface area contributed by atoms with Crippen molar-refractivity contribution in [3.63, 3.8) is 0 Å². The number of hydrogen-bond donors (Lipinski definition) is 1. The normalized spacial score (nSPS) is 34.2. The second-order valence-corrected chi connectivity index (χ2v) is 6.35. The lowest BCUT2D eigenvalue weighted by Gasteiger charge is -2.39. The van der Waals surface area contributed by atoms with Crippen LogP contribution < -0.4 is 5.73 Å². The van der Waals surface area contributed by atoms with Gasteiger partial charge in [0.15, 0.2) is 0 Å². The van der Waals surface area contributed by atoms with Gasteiger partial charge in [0.25, 0.3) is 0 Å². The van der Waals surface area contributed by atoms with E-state index in [0.717, 1.165) is 11.8 Å². The third-order valence-corrected chi connectivity index (χ3v) is 4.40. The van der Waals surface area contributed by atoms with Crippen molar-refractivity contribution >= 4 is 0 Å². The minimum atomic E-state index is 0.419. The van der Waals surface area contributed by atoms with Crippen LogP contribution in [0.5, 0.6) is 0 Å². The van der Waals surface area contributed by atoms with Crippen molar-refractivity contribution in [1.29, 1.82) is 0 Å². The van der Waals surface area contributed by atoms with Gasteiger partial charge in [-0.05, 0) is 50.6 Å². The van der Waals surface area contributed by atoms with Gasteiger partial charge in [-0.2, -0.15) is 0 Å². The summed E-state index contributed by atoms with van der Waals surface area (Å²) in [6.45, 7) is 9.43. The van der Waals surface area contributed by atoms with Crippen LogP contribution in [0.1, 0.15) is 52.9 Å². The maximum atomic E-state index is 6.34. The summed E-state index contributed by atoms with van der Waals surface area (Å²) in [5.74, 6) is 2.32. The monoisotopic (exact) mass is 240 g/mol. The van der Waals surface area contributed by atoms with Crippen LogP contribution in [0.3, 0.4) is 0 Å². The molecule has 0 aromatic rings. The SMILES string of the molecule is CCCCCN(C)CC1C(C)CC(C)CC1N. The molecule has 2 nitrogen and oxygen atoms in total. The predicted octanol–water partition coefficient (Wildman–Crippen LogP) is 3.12. The lowest BCUT2D eigenvalue weighted by Crippen LogP contribution is -2.46. The smallest absolute Gasteiger partial charge is 0.00844 e. The Hall–Kier alpha value is -0.0800. The molecule has 17 heavy (non-hydrogen) atoms. The van der Waals surface area contributed by atoms with Crippen molar-refractivity contribution in [3.8, 4) is 0 Å². The molecule has 0 aliphatic heterocycles. The van der Waals surface area contributed by atoms with E-state index in [9.17, 15) is 0 Å². The van der Waals surface area contributed by atoms with E-state index in [-0.39, 0.29) is 0 Å². The van der Waals surface area contributed by atoms with Gasteiger partial charge in [-0.25, -0.2) is 0 Å². The minimum Gasteiger partial charge on any atom is -0.327 e. The highest BCUT2D eigenvalue weighted by Crippen LogP contribution is 2.33. The average Bonchev–Trinajstić information content (AvgIpc) is 2.24. The van der Waals surface area contributed by atoms with Crippen LogP contribution in [-0.4, -0.2) is 31.1 Å². The molecule has 4 unspecified atom stereocenters. The Bertz CT molecular complexity index is 193. The van der Waals surface area contributed by atoms with E-state index in [1.807, 2.05) is 0 Å². The van der Waals surface area contributed by atoms with Crippen LogP contribution in [0.15, 0.2) is 0 Å². The summed E-state index contributed by atoms with van der Waals surface area (Å²) in [5.41, 5.74) is 6.34. The second kappa shape index (κ2) is 7.38. The van der Waals surface area contributed by atoms with E-state index in [2.05, 4.69) is 32.7 Å². The number of nitrogens with zero attached hydrogens (tertiary/aromatic N) is 1. The maximum absolute atomic E-state index is 6.34. The fourth-order valence-corrected chi connectivity index (χ4v) is 3.37. The highest BCUT2D eigenvalue weighted by Gasteiger charge is 2.32. The zero-order valence-corrected chi connectivity index (χ0v) is 12.3. The van der Waals surface area contributed by atoms with Gasteiger partial charge in [0.05, 0.1) is 0 Å². The van der Waals surface area contributed by atoms with Gasteiger partial charge in [-0.3, -0.25) is 0 Å². The quantitative estimate of drug-likeness (QED) is 0.723. The fourth-order valence-electron chi connectivity index (χ4n) is 3.37. The Kier molecular flexibility index (Phi) is 6.50. The summed E-state index contributed by atoms with van der Waals surface area (Å²) in [6, 6.07) is 0.419. The second-order valence-electron chi connectivity index (χ2n) is 6.35. The van der Waals surface area contributed by atoms with Crippen LogP contribution in [0.25, 0.3) is 0 Å². The molecule has 4 atom stereocenters. The Labute approximate surface area is 108 Å². The molecule has 1 aliphatic carbocycles. The molecule has 1 aliphatic rings. The maximum Gasteiger partial charge on any atom is 0.00844 e. The summed E-state index contributed by atoms with van der Waals surface area (Å²) >= 11 is 0. The molecular formula is C15H32N2. The highest BCUT2D eigenvalue weighted by atomic mass is 15.1. The van der Waals surface area contributed by atoms with Crippen molar-refractivity contribution in [2.24, 2.45) is 23.5 Å². The Morgan fingerprint density at radius 3 is 2.47 bits per heavy atom. The molecule has 102 valence electrons. The number of hydrogen-bond acceptors (Lipinski definition) is 2. The molecular weight excluding hydrogens is 208 g/mol. The molecule has 1 fully saturated rings. The molecule has 0 amide bonds. The van der Waals surface area contributed by atoms with E-state index in [1.54, 1.807) is 0 Å². The summed E-state index contributed by atoms with van der Waals surface area (Å²) in [6.07, 6.45) is 6.58. The van der Waals surface area contributed by atoms with E-state index in [1.165, 1.54) is 45.2 Å². The molecule has 0 radical (unpaired) electrons. The largest absolute Gasteiger partial charge is 0.327 e. The standard InChI is InChI=1S/C15H32N2/c1-5-6-7-8-17(4)11-14-13(3)9-12(2)10-15(14)16/h12-15H,5-11,16H2,1-4H3. The molecule has 0 aromatic heterocycles. The first kappa shape index (κ1) is 15.0. The highest BCUT2D eigenvalue weighted by molar-refractivity contribution is 4.86. The van der Waals surface area contributed by atoms with Crippen molar-refractivity contribution in [2.75, 3.05) is 20.1 Å². The number of unbranched alkanes of at least 4 members (excludes halogenated alkanes) is 2. The number of nitrogens with two attached hydrogens (primary N) is 1. The Morgan fingerprint density at radius 2 is 1.88 bits per heavy atom. The van der Waals surface area contributed by atoms with Gasteiger partial charge in [0, 0.05) is 12.6 Å². The topological polar surface area (TPSA) is 29.3 Å². The van der Waals surface area contributed by atoms with Crippen molar-refractivity contribution in [3.05, 3.63) is 0 Å². The van der Waals surface area contributed by atoms with E-state index in [0.29, 0.717) is 12.0 Å². The Balaban J connectivity index is 2.33. The molecule has 0 heterocycles. The third-order valence-electron chi connectivity index (χ3n) is 4.40. The summed E-state index contributed by atoms with van der Waals surface area (Å²) < 4.78 is 0. The minimum absolute atomic E-state index is 0.419. The van der Waals surface area contributed by atoms with Crippen LogP contribution in [0, 0.1) is 17.8 Å². The van der Waals surface area contributed by atoms with Crippen LogP contribution in [0.2, 0.25) is 0 Å². The van der Waals surface area contributed by atoms with E-state index < -0.39 is 0 Å². The molecule has 1 saturated carbocycles. The first-order valence-corrected chi connectivity index (χ1v) is 7.48. The third kappa shape index (κ3) is 4.97. The first-order valence-electron chi connectivity index (χ1n) is 7.48. The average molecular weight is 240 g/mol.